The Balaban J connectivity index is 1.81. The van der Waals surface area contributed by atoms with Gasteiger partial charge in [-0.3, -0.25) is 4.79 Å². The summed E-state index contributed by atoms with van der Waals surface area (Å²) in [5.41, 5.74) is 4.56. The topological polar surface area (TPSA) is 29.1 Å². The highest BCUT2D eigenvalue weighted by Crippen LogP contribution is 2.32. The van der Waals surface area contributed by atoms with Crippen molar-refractivity contribution in [3.63, 3.8) is 0 Å². The first kappa shape index (κ1) is 14.3. The summed E-state index contributed by atoms with van der Waals surface area (Å²) in [5, 5.41) is 3.06. The van der Waals surface area contributed by atoms with Crippen molar-refractivity contribution in [1.82, 2.24) is 0 Å². The van der Waals surface area contributed by atoms with Crippen LogP contribution in [0.1, 0.15) is 44.6 Å². The van der Waals surface area contributed by atoms with Crippen LogP contribution in [0.5, 0.6) is 0 Å². The van der Waals surface area contributed by atoms with Gasteiger partial charge in [-0.25, -0.2) is 0 Å². The summed E-state index contributed by atoms with van der Waals surface area (Å²) in [6, 6.07) is 8.24. The van der Waals surface area contributed by atoms with E-state index in [2.05, 4.69) is 24.4 Å². The zero-order valence-corrected chi connectivity index (χ0v) is 13.6. The molecule has 1 aliphatic rings. The smallest absolute Gasteiger partial charge is 0.265 e. The van der Waals surface area contributed by atoms with Crippen molar-refractivity contribution in [2.45, 2.75) is 40.0 Å². The SMILES string of the molecule is Cc1ccc(C)c(NC(=O)c2cc3c(s2)CC[C@@H](C)C3)c1. The second kappa shape index (κ2) is 5.64. The van der Waals surface area contributed by atoms with Gasteiger partial charge in [-0.2, -0.15) is 0 Å². The van der Waals surface area contributed by atoms with Crippen LogP contribution in [0.2, 0.25) is 0 Å². The summed E-state index contributed by atoms with van der Waals surface area (Å²) in [7, 11) is 0. The molecule has 2 nitrogen and oxygen atoms in total. The number of carbonyl (C=O) groups excluding carboxylic acids is 1. The lowest BCUT2D eigenvalue weighted by Crippen LogP contribution is -2.11. The minimum atomic E-state index is 0.0238. The Labute approximate surface area is 130 Å². The molecule has 1 aromatic carbocycles. The van der Waals surface area contributed by atoms with Gasteiger partial charge in [0, 0.05) is 10.6 Å². The molecular weight excluding hydrogens is 278 g/mol. The Kier molecular flexibility index (Phi) is 3.85. The number of hydrogen-bond acceptors (Lipinski definition) is 2. The van der Waals surface area contributed by atoms with E-state index in [1.807, 2.05) is 26.0 Å². The Hall–Kier alpha value is -1.61. The molecule has 3 rings (SSSR count). The van der Waals surface area contributed by atoms with Crippen molar-refractivity contribution in [1.29, 1.82) is 0 Å². The highest BCUT2D eigenvalue weighted by Gasteiger charge is 2.20. The molecule has 0 unspecified atom stereocenters. The minimum Gasteiger partial charge on any atom is -0.321 e. The maximum Gasteiger partial charge on any atom is 0.265 e. The van der Waals surface area contributed by atoms with Gasteiger partial charge in [-0.15, -0.1) is 11.3 Å². The second-order valence-electron chi connectivity index (χ2n) is 6.18. The molecule has 1 atom stereocenters. The van der Waals surface area contributed by atoms with Crippen molar-refractivity contribution >= 4 is 22.9 Å². The maximum atomic E-state index is 12.5. The Morgan fingerprint density at radius 1 is 1.29 bits per heavy atom. The van der Waals surface area contributed by atoms with Crippen molar-refractivity contribution < 1.29 is 4.79 Å². The predicted octanol–water partition coefficient (Wildman–Crippen LogP) is 4.74. The molecule has 110 valence electrons. The minimum absolute atomic E-state index is 0.0238. The molecule has 1 aliphatic carbocycles. The van der Waals surface area contributed by atoms with E-state index in [0.717, 1.165) is 40.5 Å². The number of benzene rings is 1. The first-order chi connectivity index (χ1) is 10.0. The fraction of sp³-hybridized carbons (Fsp3) is 0.389. The molecule has 0 bridgehead atoms. The molecule has 1 aromatic heterocycles. The molecule has 0 saturated carbocycles. The van der Waals surface area contributed by atoms with E-state index in [-0.39, 0.29) is 5.91 Å². The molecule has 2 aromatic rings. The van der Waals surface area contributed by atoms with E-state index in [1.165, 1.54) is 16.9 Å². The Morgan fingerprint density at radius 3 is 2.90 bits per heavy atom. The van der Waals surface area contributed by atoms with E-state index in [4.69, 9.17) is 0 Å². The second-order valence-corrected chi connectivity index (χ2v) is 7.32. The van der Waals surface area contributed by atoms with Crippen LogP contribution in [0.4, 0.5) is 5.69 Å². The van der Waals surface area contributed by atoms with Crippen molar-refractivity contribution in [3.05, 3.63) is 50.7 Å². The Bertz CT molecular complexity index is 687. The average Bonchev–Trinajstić information content (AvgIpc) is 2.86. The summed E-state index contributed by atoms with van der Waals surface area (Å²) in [4.78, 5) is 14.7. The summed E-state index contributed by atoms with van der Waals surface area (Å²) >= 11 is 1.66. The fourth-order valence-corrected chi connectivity index (χ4v) is 3.98. The van der Waals surface area contributed by atoms with Crippen LogP contribution in [0, 0.1) is 19.8 Å². The van der Waals surface area contributed by atoms with Crippen molar-refractivity contribution in [3.8, 4) is 0 Å². The number of rotatable bonds is 2. The number of carbonyl (C=O) groups is 1. The first-order valence-corrected chi connectivity index (χ1v) is 8.35. The van der Waals surface area contributed by atoms with E-state index in [1.54, 1.807) is 11.3 Å². The van der Waals surface area contributed by atoms with Crippen LogP contribution >= 0.6 is 11.3 Å². The lowest BCUT2D eigenvalue weighted by Gasteiger charge is -2.16. The van der Waals surface area contributed by atoms with Gasteiger partial charge >= 0.3 is 0 Å². The van der Waals surface area contributed by atoms with Gasteiger partial charge in [0.1, 0.15) is 0 Å². The average molecular weight is 299 g/mol. The molecule has 1 amide bonds. The van der Waals surface area contributed by atoms with Crippen molar-refractivity contribution in [2.75, 3.05) is 5.32 Å². The van der Waals surface area contributed by atoms with E-state index in [9.17, 15) is 4.79 Å². The van der Waals surface area contributed by atoms with Crippen molar-refractivity contribution in [2.24, 2.45) is 5.92 Å². The van der Waals surface area contributed by atoms with Crippen LogP contribution in [-0.4, -0.2) is 5.91 Å². The lowest BCUT2D eigenvalue weighted by molar-refractivity contribution is 0.103. The van der Waals surface area contributed by atoms with Gasteiger partial charge in [0.25, 0.3) is 5.91 Å². The normalized spacial score (nSPS) is 17.4. The van der Waals surface area contributed by atoms with Gasteiger partial charge in [0.05, 0.1) is 4.88 Å². The van der Waals surface area contributed by atoms with E-state index >= 15 is 0 Å². The lowest BCUT2D eigenvalue weighted by atomic mass is 9.90. The molecule has 0 spiro atoms. The third kappa shape index (κ3) is 3.03. The highest BCUT2D eigenvalue weighted by atomic mass is 32.1. The number of anilines is 1. The third-order valence-corrected chi connectivity index (χ3v) is 5.43. The maximum absolute atomic E-state index is 12.5. The predicted molar refractivity (Wildman–Crippen MR) is 89.4 cm³/mol. The fourth-order valence-electron chi connectivity index (χ4n) is 2.87. The summed E-state index contributed by atoms with van der Waals surface area (Å²) in [6.45, 7) is 6.35. The Morgan fingerprint density at radius 2 is 2.10 bits per heavy atom. The molecule has 3 heteroatoms. The molecule has 0 fully saturated rings. The zero-order valence-electron chi connectivity index (χ0n) is 12.8. The standard InChI is InChI=1S/C18H21NOS/c1-11-5-7-16-14(8-11)10-17(21-16)18(20)19-15-9-12(2)4-6-13(15)3/h4,6,9-11H,5,7-8H2,1-3H3,(H,19,20)/t11-/m1/s1. The largest absolute Gasteiger partial charge is 0.321 e. The van der Waals surface area contributed by atoms with Gasteiger partial charge in [0.2, 0.25) is 0 Å². The van der Waals surface area contributed by atoms with Crippen LogP contribution in [-0.2, 0) is 12.8 Å². The van der Waals surface area contributed by atoms with Crippen LogP contribution < -0.4 is 5.32 Å². The number of hydrogen-bond donors (Lipinski definition) is 1. The van der Waals surface area contributed by atoms with Crippen LogP contribution in [0.25, 0.3) is 0 Å². The molecule has 0 saturated heterocycles. The van der Waals surface area contributed by atoms with Gasteiger partial charge in [0.15, 0.2) is 0 Å². The highest BCUT2D eigenvalue weighted by molar-refractivity contribution is 7.14. The number of aryl methyl sites for hydroxylation is 3. The molecular formula is C18H21NOS. The summed E-state index contributed by atoms with van der Waals surface area (Å²) < 4.78 is 0. The van der Waals surface area contributed by atoms with E-state index in [0.29, 0.717) is 0 Å². The quantitative estimate of drug-likeness (QED) is 0.852. The number of thiophene rings is 1. The summed E-state index contributed by atoms with van der Waals surface area (Å²) in [5.74, 6) is 0.762. The molecule has 1 heterocycles. The monoisotopic (exact) mass is 299 g/mol. The molecule has 21 heavy (non-hydrogen) atoms. The number of amides is 1. The zero-order chi connectivity index (χ0) is 15.0. The van der Waals surface area contributed by atoms with Crippen LogP contribution in [0.3, 0.4) is 0 Å². The number of fused-ring (bicyclic) bond motifs is 1. The number of nitrogens with one attached hydrogen (secondary N) is 1. The molecule has 0 radical (unpaired) electrons. The summed E-state index contributed by atoms with van der Waals surface area (Å²) in [6.07, 6.45) is 3.48. The van der Waals surface area contributed by atoms with Gasteiger partial charge in [-0.1, -0.05) is 19.1 Å². The van der Waals surface area contributed by atoms with Gasteiger partial charge in [-0.05, 0) is 67.9 Å². The van der Waals surface area contributed by atoms with Crippen LogP contribution in [0.15, 0.2) is 24.3 Å². The van der Waals surface area contributed by atoms with Gasteiger partial charge < -0.3 is 5.32 Å². The first-order valence-electron chi connectivity index (χ1n) is 7.53. The molecule has 1 N–H and O–H groups in total. The molecule has 0 aliphatic heterocycles. The van der Waals surface area contributed by atoms with E-state index < -0.39 is 0 Å². The third-order valence-electron chi connectivity index (χ3n) is 4.19.